The summed E-state index contributed by atoms with van der Waals surface area (Å²) in [7, 11) is -8.76. The Morgan fingerprint density at radius 2 is 1.46 bits per heavy atom. The number of rotatable bonds is 10. The van der Waals surface area contributed by atoms with Crippen molar-refractivity contribution in [2.45, 2.75) is 35.7 Å². The van der Waals surface area contributed by atoms with E-state index >= 15 is 0 Å². The number of benzene rings is 3. The van der Waals surface area contributed by atoms with Gasteiger partial charge >= 0.3 is 10.2 Å². The molecule has 202 valence electrons. The van der Waals surface area contributed by atoms with Gasteiger partial charge in [-0.25, -0.2) is 8.42 Å². The second-order valence-corrected chi connectivity index (χ2v) is 12.1. The van der Waals surface area contributed by atoms with Gasteiger partial charge in [-0.15, -0.1) is 3.89 Å². The van der Waals surface area contributed by atoms with Crippen molar-refractivity contribution in [2.24, 2.45) is 0 Å². The highest BCUT2D eigenvalue weighted by Crippen LogP contribution is 2.15. The van der Waals surface area contributed by atoms with Crippen molar-refractivity contribution in [1.82, 2.24) is 4.72 Å². The Labute approximate surface area is 227 Å². The third-order valence-electron chi connectivity index (χ3n) is 5.92. The molecule has 0 aliphatic rings. The molecule has 1 amide bonds. The second-order valence-electron chi connectivity index (χ2n) is 9.01. The maximum Gasteiger partial charge on any atom is 0.332 e. The summed E-state index contributed by atoms with van der Waals surface area (Å²) in [6.07, 6.45) is 3.54. The quantitative estimate of drug-likeness (QED) is 0.225. The predicted octanol–water partition coefficient (Wildman–Crippen LogP) is 3.52. The average molecular weight is 569 g/mol. The van der Waals surface area contributed by atoms with Crippen LogP contribution in [0.4, 0.5) is 9.57 Å². The molecule has 1 atom stereocenters. The zero-order valence-electron chi connectivity index (χ0n) is 21.0. The third-order valence-corrected chi connectivity index (χ3v) is 8.25. The normalized spacial score (nSPS) is 12.6. The van der Waals surface area contributed by atoms with Crippen LogP contribution in [0.25, 0.3) is 0 Å². The lowest BCUT2D eigenvalue weighted by Crippen LogP contribution is -2.45. The van der Waals surface area contributed by atoms with Gasteiger partial charge in [0.1, 0.15) is 11.7 Å². The molecule has 3 aromatic carbocycles. The monoisotopic (exact) mass is 568 g/mol. The molecule has 0 aliphatic heterocycles. The van der Waals surface area contributed by atoms with E-state index in [-0.39, 0.29) is 11.3 Å². The zero-order chi connectivity index (χ0) is 28.0. The number of sulfonamides is 1. The van der Waals surface area contributed by atoms with Gasteiger partial charge in [0, 0.05) is 11.6 Å². The number of aryl methyl sites for hydroxylation is 1. The van der Waals surface area contributed by atoms with Crippen LogP contribution in [-0.2, 0) is 38.0 Å². The smallest absolute Gasteiger partial charge is 0.320 e. The Morgan fingerprint density at radius 1 is 0.821 bits per heavy atom. The molecule has 4 aromatic rings. The number of halogens is 1. The molecule has 0 radical (unpaired) electrons. The van der Waals surface area contributed by atoms with E-state index in [9.17, 15) is 25.5 Å². The van der Waals surface area contributed by atoms with Crippen molar-refractivity contribution in [2.75, 3.05) is 5.32 Å². The van der Waals surface area contributed by atoms with Crippen LogP contribution in [-0.4, -0.2) is 28.8 Å². The minimum Gasteiger partial charge on any atom is -0.320 e. The first-order valence-corrected chi connectivity index (χ1v) is 14.8. The number of carbonyl (C=O) groups is 1. The van der Waals surface area contributed by atoms with Crippen LogP contribution in [0.2, 0.25) is 0 Å². The molecule has 1 unspecified atom stereocenters. The van der Waals surface area contributed by atoms with Crippen LogP contribution in [0.15, 0.2) is 113 Å². The lowest BCUT2D eigenvalue weighted by atomic mass is 10.1. The van der Waals surface area contributed by atoms with E-state index in [2.05, 4.69) is 10.0 Å². The van der Waals surface area contributed by atoms with E-state index < -0.39 is 37.1 Å². The van der Waals surface area contributed by atoms with Gasteiger partial charge < -0.3 is 5.32 Å². The first-order valence-electron chi connectivity index (χ1n) is 12.0. The Hall–Kier alpha value is -3.93. The highest BCUT2D eigenvalue weighted by Gasteiger charge is 2.27. The van der Waals surface area contributed by atoms with Crippen LogP contribution < -0.4 is 14.6 Å². The van der Waals surface area contributed by atoms with Gasteiger partial charge in [-0.05, 0) is 49.2 Å². The number of aromatic nitrogens is 1. The number of hydrogen-bond acceptors (Lipinski definition) is 5. The van der Waals surface area contributed by atoms with Gasteiger partial charge in [-0.3, -0.25) is 4.79 Å². The minimum absolute atomic E-state index is 0.0584. The zero-order valence-corrected chi connectivity index (χ0v) is 22.6. The first-order chi connectivity index (χ1) is 18.5. The first kappa shape index (κ1) is 28.1. The number of pyridine rings is 1. The van der Waals surface area contributed by atoms with Gasteiger partial charge in [0.05, 0.1) is 9.79 Å². The summed E-state index contributed by atoms with van der Waals surface area (Å²) in [6, 6.07) is 23.1. The Balaban J connectivity index is 1.52. The Bertz CT molecular complexity index is 1660. The Kier molecular flexibility index (Phi) is 8.54. The van der Waals surface area contributed by atoms with Crippen molar-refractivity contribution in [3.05, 3.63) is 120 Å². The molecule has 39 heavy (non-hydrogen) atoms. The van der Waals surface area contributed by atoms with E-state index in [1.807, 2.05) is 37.3 Å². The van der Waals surface area contributed by atoms with Crippen LogP contribution in [0.5, 0.6) is 0 Å². The van der Waals surface area contributed by atoms with Crippen molar-refractivity contribution >= 4 is 31.8 Å². The number of carbonyl (C=O) groups excluding carboxylic acids is 1. The molecule has 0 fully saturated rings. The lowest BCUT2D eigenvalue weighted by Gasteiger charge is -2.19. The van der Waals surface area contributed by atoms with Crippen LogP contribution in [0, 0.1) is 6.92 Å². The fourth-order valence-electron chi connectivity index (χ4n) is 3.90. The number of amides is 1. The highest BCUT2D eigenvalue weighted by molar-refractivity contribution is 7.89. The van der Waals surface area contributed by atoms with Crippen molar-refractivity contribution in [3.8, 4) is 0 Å². The molecule has 4 rings (SSSR count). The number of nitrogens with one attached hydrogen (secondary N) is 2. The fourth-order valence-corrected chi connectivity index (χ4v) is 5.56. The maximum atomic E-state index is 13.3. The number of nitrogens with zero attached hydrogens (tertiary/aromatic N) is 1. The van der Waals surface area contributed by atoms with Gasteiger partial charge in [-0.1, -0.05) is 60.2 Å². The molecule has 0 aliphatic carbocycles. The Morgan fingerprint density at radius 3 is 2.10 bits per heavy atom. The molecule has 0 saturated carbocycles. The van der Waals surface area contributed by atoms with E-state index in [1.54, 1.807) is 41.2 Å². The summed E-state index contributed by atoms with van der Waals surface area (Å²) in [4.78, 5) is 13.0. The second kappa shape index (κ2) is 11.9. The molecular weight excluding hydrogens is 541 g/mol. The minimum atomic E-state index is -4.78. The highest BCUT2D eigenvalue weighted by atomic mass is 32.3. The molecule has 0 bridgehead atoms. The van der Waals surface area contributed by atoms with E-state index in [4.69, 9.17) is 0 Å². The SMILES string of the molecule is Cc1ccc(S(=O)(=O)NC(Cc2ccccc2)C(=O)Nc2ccc[n+](Cc3ccc(S(=O)(=O)F)cc3)c2)cc1. The summed E-state index contributed by atoms with van der Waals surface area (Å²) in [5.41, 5.74) is 2.83. The largest absolute Gasteiger partial charge is 0.332 e. The summed E-state index contributed by atoms with van der Waals surface area (Å²) >= 11 is 0. The van der Waals surface area contributed by atoms with Crippen molar-refractivity contribution < 1.29 is 30.1 Å². The molecule has 0 spiro atoms. The van der Waals surface area contributed by atoms with Crippen molar-refractivity contribution in [1.29, 1.82) is 0 Å². The summed E-state index contributed by atoms with van der Waals surface area (Å²) < 4.78 is 65.7. The van der Waals surface area contributed by atoms with E-state index in [0.29, 0.717) is 17.8 Å². The lowest BCUT2D eigenvalue weighted by molar-refractivity contribution is -0.687. The summed E-state index contributed by atoms with van der Waals surface area (Å²) in [6.45, 7) is 2.18. The third kappa shape index (κ3) is 7.79. The number of anilines is 1. The summed E-state index contributed by atoms with van der Waals surface area (Å²) in [5, 5.41) is 2.79. The average Bonchev–Trinajstić information content (AvgIpc) is 2.89. The van der Waals surface area contributed by atoms with Gasteiger partial charge in [0.25, 0.3) is 0 Å². The van der Waals surface area contributed by atoms with Crippen molar-refractivity contribution in [3.63, 3.8) is 0 Å². The predicted molar refractivity (Wildman–Crippen MR) is 145 cm³/mol. The standard InChI is InChI=1S/C28H26FN3O5S2/c1-21-9-13-26(14-10-21)39(36,37)31-27(18-22-6-3-2-4-7-22)28(33)30-24-8-5-17-32(20-24)19-23-11-15-25(16-12-23)38(29,34)35/h2-17,20,27,31H,18-19H2,1H3/p+1. The van der Waals surface area contributed by atoms with Gasteiger partial charge in [-0.2, -0.15) is 17.7 Å². The topological polar surface area (TPSA) is 113 Å². The maximum absolute atomic E-state index is 13.3. The molecule has 8 nitrogen and oxygen atoms in total. The van der Waals surface area contributed by atoms with Crippen LogP contribution in [0.1, 0.15) is 16.7 Å². The molecule has 2 N–H and O–H groups in total. The van der Waals surface area contributed by atoms with Crippen LogP contribution in [0.3, 0.4) is 0 Å². The van der Waals surface area contributed by atoms with E-state index in [0.717, 1.165) is 11.1 Å². The van der Waals surface area contributed by atoms with Crippen LogP contribution >= 0.6 is 0 Å². The molecule has 11 heteroatoms. The number of hydrogen-bond donors (Lipinski definition) is 2. The van der Waals surface area contributed by atoms with Gasteiger partial charge in [0.15, 0.2) is 18.9 Å². The molecule has 0 saturated heterocycles. The molecule has 1 heterocycles. The van der Waals surface area contributed by atoms with E-state index in [1.165, 1.54) is 36.4 Å². The fraction of sp³-hybridized carbons (Fsp3) is 0.143. The molecule has 1 aromatic heterocycles. The summed E-state index contributed by atoms with van der Waals surface area (Å²) in [5.74, 6) is -0.537. The van der Waals surface area contributed by atoms with Gasteiger partial charge in [0.2, 0.25) is 15.9 Å². The molecular formula is C28H27FN3O5S2+.